The van der Waals surface area contributed by atoms with Gasteiger partial charge in [-0.25, -0.2) is 9.50 Å². The van der Waals surface area contributed by atoms with Crippen molar-refractivity contribution in [2.45, 2.75) is 37.7 Å². The van der Waals surface area contributed by atoms with Gasteiger partial charge in [0.15, 0.2) is 0 Å². The number of hydrogen-bond acceptors (Lipinski definition) is 6. The molecular formula is C27H30N6OS. The van der Waals surface area contributed by atoms with E-state index in [-0.39, 0.29) is 5.91 Å². The second-order valence-electron chi connectivity index (χ2n) is 9.00. The van der Waals surface area contributed by atoms with Crippen LogP contribution < -0.4 is 0 Å². The van der Waals surface area contributed by atoms with Crippen molar-refractivity contribution in [2.24, 2.45) is 0 Å². The Morgan fingerprint density at radius 1 is 0.943 bits per heavy atom. The molecule has 1 aliphatic rings. The van der Waals surface area contributed by atoms with Gasteiger partial charge < -0.3 is 4.90 Å². The molecule has 0 saturated carbocycles. The molecule has 0 unspecified atom stereocenters. The van der Waals surface area contributed by atoms with Crippen LogP contribution in [-0.4, -0.2) is 61.5 Å². The number of nitrogens with zero attached hydrogens (tertiary/aromatic N) is 6. The maximum atomic E-state index is 13.5. The van der Waals surface area contributed by atoms with Gasteiger partial charge in [0.05, 0.1) is 0 Å². The van der Waals surface area contributed by atoms with Crippen molar-refractivity contribution in [1.29, 1.82) is 0 Å². The first-order chi connectivity index (χ1) is 17.1. The fraction of sp³-hybridized carbons (Fsp3) is 0.333. The maximum absolute atomic E-state index is 13.5. The van der Waals surface area contributed by atoms with Crippen LogP contribution in [0, 0.1) is 13.8 Å². The summed E-state index contributed by atoms with van der Waals surface area (Å²) in [6, 6.07) is 20.4. The average Bonchev–Trinajstić information content (AvgIpc) is 3.14. The van der Waals surface area contributed by atoms with Crippen molar-refractivity contribution in [3.05, 3.63) is 88.7 Å². The van der Waals surface area contributed by atoms with E-state index in [1.807, 2.05) is 55.1 Å². The lowest BCUT2D eigenvalue weighted by molar-refractivity contribution is 0.0760. The van der Waals surface area contributed by atoms with Crippen LogP contribution in [0.3, 0.4) is 0 Å². The molecule has 1 fully saturated rings. The lowest BCUT2D eigenvalue weighted by Crippen LogP contribution is -2.35. The van der Waals surface area contributed by atoms with Crippen LogP contribution in [0.5, 0.6) is 0 Å². The van der Waals surface area contributed by atoms with Gasteiger partial charge in [0.2, 0.25) is 5.16 Å². The van der Waals surface area contributed by atoms with Gasteiger partial charge in [0, 0.05) is 55.4 Å². The molecular weight excluding hydrogens is 456 g/mol. The van der Waals surface area contributed by atoms with Gasteiger partial charge in [-0.15, -0.1) is 5.10 Å². The number of benzene rings is 2. The van der Waals surface area contributed by atoms with E-state index in [0.717, 1.165) is 61.7 Å². The van der Waals surface area contributed by atoms with Crippen LogP contribution in [0.4, 0.5) is 0 Å². The highest BCUT2D eigenvalue weighted by atomic mass is 32.2. The summed E-state index contributed by atoms with van der Waals surface area (Å²) in [5.41, 5.74) is 5.02. The minimum atomic E-state index is 0.110. The minimum Gasteiger partial charge on any atom is -0.337 e. The molecule has 2 aromatic carbocycles. The predicted molar refractivity (Wildman–Crippen MR) is 138 cm³/mol. The molecule has 8 heteroatoms. The van der Waals surface area contributed by atoms with Crippen LogP contribution in [0.25, 0.3) is 5.78 Å². The highest BCUT2D eigenvalue weighted by molar-refractivity contribution is 7.98. The first kappa shape index (κ1) is 23.5. The molecule has 0 bridgehead atoms. The molecule has 2 aromatic heterocycles. The van der Waals surface area contributed by atoms with Crippen molar-refractivity contribution in [3.63, 3.8) is 0 Å². The van der Waals surface area contributed by atoms with Crippen LogP contribution in [0.1, 0.15) is 39.3 Å². The number of rotatable bonds is 6. The Morgan fingerprint density at radius 3 is 2.60 bits per heavy atom. The number of aryl methyl sites for hydroxylation is 2. The molecule has 0 radical (unpaired) electrons. The summed E-state index contributed by atoms with van der Waals surface area (Å²) < 4.78 is 1.77. The third kappa shape index (κ3) is 5.55. The zero-order chi connectivity index (χ0) is 24.2. The van der Waals surface area contributed by atoms with Gasteiger partial charge >= 0.3 is 0 Å². The lowest BCUT2D eigenvalue weighted by Gasteiger charge is -2.23. The smallest absolute Gasteiger partial charge is 0.254 e. The zero-order valence-corrected chi connectivity index (χ0v) is 21.0. The quantitative estimate of drug-likeness (QED) is 0.377. The van der Waals surface area contributed by atoms with E-state index in [4.69, 9.17) is 0 Å². The summed E-state index contributed by atoms with van der Waals surface area (Å²) in [6.45, 7) is 8.30. The molecule has 0 N–H and O–H groups in total. The fourth-order valence-electron chi connectivity index (χ4n) is 4.55. The minimum absolute atomic E-state index is 0.110. The average molecular weight is 487 g/mol. The third-order valence-electron chi connectivity index (χ3n) is 6.33. The summed E-state index contributed by atoms with van der Waals surface area (Å²) in [5, 5.41) is 5.26. The van der Waals surface area contributed by atoms with E-state index in [9.17, 15) is 4.79 Å². The largest absolute Gasteiger partial charge is 0.337 e. The van der Waals surface area contributed by atoms with E-state index in [1.165, 1.54) is 17.3 Å². The van der Waals surface area contributed by atoms with E-state index in [0.29, 0.717) is 16.7 Å². The Kier molecular flexibility index (Phi) is 7.11. The second kappa shape index (κ2) is 10.6. The van der Waals surface area contributed by atoms with Gasteiger partial charge in [-0.05, 0) is 43.5 Å². The molecule has 0 atom stereocenters. The topological polar surface area (TPSA) is 66.6 Å². The molecule has 180 valence electrons. The van der Waals surface area contributed by atoms with Gasteiger partial charge in [0.25, 0.3) is 11.7 Å². The highest BCUT2D eigenvalue weighted by Crippen LogP contribution is 2.24. The SMILES string of the molecule is Cc1cc(C)n2nc(SCc3ccccc3C(=O)N3CCCN(Cc4ccccc4)CC3)nc2n1. The molecule has 1 amide bonds. The Morgan fingerprint density at radius 2 is 1.74 bits per heavy atom. The molecule has 0 aliphatic carbocycles. The Hall–Kier alpha value is -3.23. The summed E-state index contributed by atoms with van der Waals surface area (Å²) in [5.74, 6) is 1.35. The van der Waals surface area contributed by atoms with Crippen molar-refractivity contribution < 1.29 is 4.79 Å². The number of carbonyl (C=O) groups is 1. The molecule has 4 aromatic rings. The molecule has 3 heterocycles. The van der Waals surface area contributed by atoms with Crippen LogP contribution in [-0.2, 0) is 12.3 Å². The zero-order valence-electron chi connectivity index (χ0n) is 20.2. The molecule has 35 heavy (non-hydrogen) atoms. The standard InChI is InChI=1S/C27H30N6OS/c1-20-17-21(2)33-26(28-20)29-27(30-33)35-19-23-11-6-7-12-24(23)25(34)32-14-8-13-31(15-16-32)18-22-9-4-3-5-10-22/h3-7,9-12,17H,8,13-16,18-19H2,1-2H3. The number of thioether (sulfide) groups is 1. The lowest BCUT2D eigenvalue weighted by atomic mass is 10.1. The van der Waals surface area contributed by atoms with Gasteiger partial charge in [-0.3, -0.25) is 9.69 Å². The van der Waals surface area contributed by atoms with E-state index in [1.54, 1.807) is 4.52 Å². The fourth-order valence-corrected chi connectivity index (χ4v) is 5.37. The number of hydrogen-bond donors (Lipinski definition) is 0. The van der Waals surface area contributed by atoms with Crippen molar-refractivity contribution in [2.75, 3.05) is 26.2 Å². The van der Waals surface area contributed by atoms with Crippen molar-refractivity contribution in [3.8, 4) is 0 Å². The molecule has 1 saturated heterocycles. The molecule has 1 aliphatic heterocycles. The van der Waals surface area contributed by atoms with Crippen molar-refractivity contribution >= 4 is 23.4 Å². The summed E-state index contributed by atoms with van der Waals surface area (Å²) >= 11 is 1.54. The maximum Gasteiger partial charge on any atom is 0.254 e. The predicted octanol–water partition coefficient (Wildman–Crippen LogP) is 4.38. The van der Waals surface area contributed by atoms with E-state index >= 15 is 0 Å². The molecule has 0 spiro atoms. The summed E-state index contributed by atoms with van der Waals surface area (Å²) in [4.78, 5) is 27.0. The molecule has 7 nitrogen and oxygen atoms in total. The monoisotopic (exact) mass is 486 g/mol. The normalized spacial score (nSPS) is 14.9. The number of fused-ring (bicyclic) bond motifs is 1. The first-order valence-electron chi connectivity index (χ1n) is 12.0. The van der Waals surface area contributed by atoms with Crippen LogP contribution >= 0.6 is 11.8 Å². The number of carbonyl (C=O) groups excluding carboxylic acids is 1. The second-order valence-corrected chi connectivity index (χ2v) is 9.94. The number of amides is 1. The van der Waals surface area contributed by atoms with Gasteiger partial charge in [0.1, 0.15) is 0 Å². The Bertz CT molecular complexity index is 1320. The van der Waals surface area contributed by atoms with E-state index < -0.39 is 0 Å². The molecule has 5 rings (SSSR count). The Balaban J connectivity index is 1.25. The summed E-state index contributed by atoms with van der Waals surface area (Å²) in [7, 11) is 0. The van der Waals surface area contributed by atoms with Crippen LogP contribution in [0.2, 0.25) is 0 Å². The van der Waals surface area contributed by atoms with Crippen LogP contribution in [0.15, 0.2) is 65.8 Å². The summed E-state index contributed by atoms with van der Waals surface area (Å²) in [6.07, 6.45) is 0.979. The van der Waals surface area contributed by atoms with E-state index in [2.05, 4.69) is 44.2 Å². The first-order valence-corrected chi connectivity index (χ1v) is 13.0. The van der Waals surface area contributed by atoms with Crippen molar-refractivity contribution in [1.82, 2.24) is 29.4 Å². The Labute approximate surface area is 210 Å². The number of aromatic nitrogens is 4. The third-order valence-corrected chi connectivity index (χ3v) is 7.21. The van der Waals surface area contributed by atoms with Gasteiger partial charge in [-0.1, -0.05) is 60.3 Å². The highest BCUT2D eigenvalue weighted by Gasteiger charge is 2.22. The van der Waals surface area contributed by atoms with Gasteiger partial charge in [-0.2, -0.15) is 4.98 Å².